The van der Waals surface area contributed by atoms with Gasteiger partial charge in [-0.2, -0.15) is 0 Å². The van der Waals surface area contributed by atoms with Gasteiger partial charge >= 0.3 is 0 Å². The van der Waals surface area contributed by atoms with Gasteiger partial charge in [-0.3, -0.25) is 4.90 Å². The highest BCUT2D eigenvalue weighted by molar-refractivity contribution is 5.01. The summed E-state index contributed by atoms with van der Waals surface area (Å²) in [5.41, 5.74) is 6.28. The number of likely N-dealkylation sites (N-methyl/N-ethyl adjacent to an activating group) is 1. The van der Waals surface area contributed by atoms with Crippen molar-refractivity contribution in [2.75, 3.05) is 13.1 Å². The predicted octanol–water partition coefficient (Wildman–Crippen LogP) is 2.76. The fourth-order valence-corrected chi connectivity index (χ4v) is 3.06. The number of hydrogen-bond donors (Lipinski definition) is 1. The van der Waals surface area contributed by atoms with Crippen LogP contribution in [0.3, 0.4) is 0 Å². The maximum Gasteiger partial charge on any atom is 0.117 e. The quantitative estimate of drug-likeness (QED) is 0.854. The molecule has 96 valence electrons. The molecule has 2 N–H and O–H groups in total. The minimum absolute atomic E-state index is 0.208. The van der Waals surface area contributed by atoms with Gasteiger partial charge in [-0.25, -0.2) is 0 Å². The Morgan fingerprint density at radius 2 is 2.12 bits per heavy atom. The van der Waals surface area contributed by atoms with Crippen LogP contribution in [0, 0.1) is 0 Å². The van der Waals surface area contributed by atoms with Gasteiger partial charge in [-0.15, -0.1) is 0 Å². The van der Waals surface area contributed by atoms with Crippen LogP contribution >= 0.6 is 0 Å². The van der Waals surface area contributed by atoms with Crippen LogP contribution in [0.5, 0.6) is 0 Å². The molecule has 0 spiro atoms. The Balaban J connectivity index is 2.09. The molecule has 0 atom stereocenters. The lowest BCUT2D eigenvalue weighted by atomic mass is 9.80. The summed E-state index contributed by atoms with van der Waals surface area (Å²) in [6, 6.07) is 4.01. The predicted molar refractivity (Wildman–Crippen MR) is 69.7 cm³/mol. The zero-order valence-corrected chi connectivity index (χ0v) is 10.8. The molecular weight excluding hydrogens is 212 g/mol. The van der Waals surface area contributed by atoms with E-state index in [4.69, 9.17) is 10.2 Å². The Kier molecular flexibility index (Phi) is 4.24. The molecule has 0 unspecified atom stereocenters. The van der Waals surface area contributed by atoms with E-state index < -0.39 is 0 Å². The topological polar surface area (TPSA) is 42.4 Å². The Morgan fingerprint density at radius 1 is 1.35 bits per heavy atom. The zero-order chi connectivity index (χ0) is 12.1. The normalized spacial score (nSPS) is 19.7. The maximum atomic E-state index is 6.07. The molecule has 0 bridgehead atoms. The largest absolute Gasteiger partial charge is 0.468 e. The average Bonchev–Trinajstić information content (AvgIpc) is 2.89. The van der Waals surface area contributed by atoms with Crippen LogP contribution in [0.25, 0.3) is 0 Å². The first-order valence-electron chi connectivity index (χ1n) is 6.78. The Labute approximate surface area is 104 Å². The van der Waals surface area contributed by atoms with E-state index in [1.807, 2.05) is 6.07 Å². The minimum Gasteiger partial charge on any atom is -0.468 e. The van der Waals surface area contributed by atoms with Crippen molar-refractivity contribution in [3.63, 3.8) is 0 Å². The SMILES string of the molecule is CCN(Cc1ccco1)C1(CN)CCCCC1. The van der Waals surface area contributed by atoms with E-state index in [9.17, 15) is 0 Å². The summed E-state index contributed by atoms with van der Waals surface area (Å²) >= 11 is 0. The first-order chi connectivity index (χ1) is 8.30. The maximum absolute atomic E-state index is 6.07. The minimum atomic E-state index is 0.208. The van der Waals surface area contributed by atoms with Crippen molar-refractivity contribution in [3.8, 4) is 0 Å². The van der Waals surface area contributed by atoms with Crippen molar-refractivity contribution in [2.45, 2.75) is 51.1 Å². The van der Waals surface area contributed by atoms with Gasteiger partial charge in [-0.1, -0.05) is 26.2 Å². The van der Waals surface area contributed by atoms with Crippen LogP contribution in [0.15, 0.2) is 22.8 Å². The summed E-state index contributed by atoms with van der Waals surface area (Å²) in [5, 5.41) is 0. The van der Waals surface area contributed by atoms with Gasteiger partial charge in [0, 0.05) is 12.1 Å². The third-order valence-electron chi connectivity index (χ3n) is 4.14. The van der Waals surface area contributed by atoms with Gasteiger partial charge in [0.25, 0.3) is 0 Å². The second-order valence-electron chi connectivity index (χ2n) is 5.08. The third-order valence-corrected chi connectivity index (χ3v) is 4.14. The zero-order valence-electron chi connectivity index (χ0n) is 10.8. The van der Waals surface area contributed by atoms with Crippen LogP contribution in [-0.4, -0.2) is 23.5 Å². The van der Waals surface area contributed by atoms with Gasteiger partial charge in [-0.05, 0) is 31.5 Å². The van der Waals surface area contributed by atoms with Gasteiger partial charge in [0.05, 0.1) is 12.8 Å². The molecule has 3 heteroatoms. The molecule has 1 aromatic rings. The van der Waals surface area contributed by atoms with Crippen LogP contribution in [0.4, 0.5) is 0 Å². The summed E-state index contributed by atoms with van der Waals surface area (Å²) in [5.74, 6) is 1.05. The standard InChI is InChI=1S/C14H24N2O/c1-2-16(11-13-7-6-10-17-13)14(12-15)8-4-3-5-9-14/h6-7,10H,2-5,8-9,11-12,15H2,1H3. The number of furan rings is 1. The van der Waals surface area contributed by atoms with E-state index in [0.717, 1.165) is 25.4 Å². The molecule has 0 aromatic carbocycles. The molecule has 1 fully saturated rings. The fourth-order valence-electron chi connectivity index (χ4n) is 3.06. The van der Waals surface area contributed by atoms with Gasteiger partial charge in [0.1, 0.15) is 5.76 Å². The molecule has 1 aliphatic rings. The molecule has 0 saturated heterocycles. The molecule has 17 heavy (non-hydrogen) atoms. The molecule has 0 aliphatic heterocycles. The van der Waals surface area contributed by atoms with Gasteiger partial charge < -0.3 is 10.2 Å². The fraction of sp³-hybridized carbons (Fsp3) is 0.714. The number of nitrogens with two attached hydrogens (primary N) is 1. The molecule has 1 heterocycles. The number of nitrogens with zero attached hydrogens (tertiary/aromatic N) is 1. The van der Waals surface area contributed by atoms with Crippen LogP contribution < -0.4 is 5.73 Å². The lowest BCUT2D eigenvalue weighted by molar-refractivity contribution is 0.0488. The van der Waals surface area contributed by atoms with E-state index in [1.54, 1.807) is 6.26 Å². The Morgan fingerprint density at radius 3 is 2.65 bits per heavy atom. The summed E-state index contributed by atoms with van der Waals surface area (Å²) in [7, 11) is 0. The number of hydrogen-bond acceptors (Lipinski definition) is 3. The second kappa shape index (κ2) is 5.69. The molecule has 1 aliphatic carbocycles. The molecule has 3 nitrogen and oxygen atoms in total. The molecule has 2 rings (SSSR count). The highest BCUT2D eigenvalue weighted by Crippen LogP contribution is 2.33. The molecular formula is C14H24N2O. The van der Waals surface area contributed by atoms with Crippen molar-refractivity contribution in [1.29, 1.82) is 0 Å². The Bertz CT molecular complexity index is 315. The van der Waals surface area contributed by atoms with Crippen molar-refractivity contribution in [1.82, 2.24) is 4.90 Å². The van der Waals surface area contributed by atoms with Crippen LogP contribution in [0.2, 0.25) is 0 Å². The highest BCUT2D eigenvalue weighted by Gasteiger charge is 2.36. The summed E-state index contributed by atoms with van der Waals surface area (Å²) in [6.07, 6.45) is 8.20. The average molecular weight is 236 g/mol. The van der Waals surface area contributed by atoms with Crippen LogP contribution in [-0.2, 0) is 6.54 Å². The van der Waals surface area contributed by atoms with E-state index in [0.29, 0.717) is 0 Å². The van der Waals surface area contributed by atoms with E-state index >= 15 is 0 Å². The Hall–Kier alpha value is -0.800. The third kappa shape index (κ3) is 2.72. The summed E-state index contributed by atoms with van der Waals surface area (Å²) in [4.78, 5) is 2.50. The van der Waals surface area contributed by atoms with Gasteiger partial charge in [0.15, 0.2) is 0 Å². The lowest BCUT2D eigenvalue weighted by Gasteiger charge is -2.45. The van der Waals surface area contributed by atoms with E-state index in [1.165, 1.54) is 32.1 Å². The van der Waals surface area contributed by atoms with E-state index in [2.05, 4.69) is 17.9 Å². The van der Waals surface area contributed by atoms with E-state index in [-0.39, 0.29) is 5.54 Å². The first kappa shape index (κ1) is 12.7. The highest BCUT2D eigenvalue weighted by atomic mass is 16.3. The first-order valence-corrected chi connectivity index (χ1v) is 6.78. The van der Waals surface area contributed by atoms with Crippen LogP contribution in [0.1, 0.15) is 44.8 Å². The number of rotatable bonds is 5. The summed E-state index contributed by atoms with van der Waals surface area (Å²) < 4.78 is 5.46. The van der Waals surface area contributed by atoms with Crippen molar-refractivity contribution >= 4 is 0 Å². The lowest BCUT2D eigenvalue weighted by Crippen LogP contribution is -2.54. The molecule has 0 radical (unpaired) electrons. The second-order valence-corrected chi connectivity index (χ2v) is 5.08. The monoisotopic (exact) mass is 236 g/mol. The molecule has 1 aromatic heterocycles. The molecule has 1 saturated carbocycles. The van der Waals surface area contributed by atoms with Crippen molar-refractivity contribution in [2.24, 2.45) is 5.73 Å². The summed E-state index contributed by atoms with van der Waals surface area (Å²) in [6.45, 7) is 4.91. The smallest absolute Gasteiger partial charge is 0.117 e. The van der Waals surface area contributed by atoms with Gasteiger partial charge in [0.2, 0.25) is 0 Å². The van der Waals surface area contributed by atoms with Crippen molar-refractivity contribution < 1.29 is 4.42 Å². The van der Waals surface area contributed by atoms with Crippen molar-refractivity contribution in [3.05, 3.63) is 24.2 Å². The molecule has 0 amide bonds.